The van der Waals surface area contributed by atoms with Crippen LogP contribution in [0, 0.1) is 5.82 Å². The van der Waals surface area contributed by atoms with Crippen molar-refractivity contribution >= 4 is 11.8 Å². The first-order valence-electron chi connectivity index (χ1n) is 8.00. The molecule has 0 aliphatic rings. The summed E-state index contributed by atoms with van der Waals surface area (Å²) in [6.45, 7) is 5.95. The van der Waals surface area contributed by atoms with Crippen LogP contribution in [0.15, 0.2) is 42.5 Å². The number of ether oxygens (including phenoxy) is 2. The van der Waals surface area contributed by atoms with Crippen LogP contribution in [-0.4, -0.2) is 24.8 Å². The Morgan fingerprint density at radius 2 is 1.84 bits per heavy atom. The minimum Gasteiger partial charge on any atom is -0.491 e. The number of alkyl carbamates (subject to hydrolysis) is 1. The fourth-order valence-corrected chi connectivity index (χ4v) is 2.16. The molecule has 0 atom stereocenters. The van der Waals surface area contributed by atoms with E-state index < -0.39 is 11.7 Å². The maximum absolute atomic E-state index is 13.1. The van der Waals surface area contributed by atoms with Crippen LogP contribution in [0.25, 0.3) is 11.1 Å². The van der Waals surface area contributed by atoms with E-state index in [1.165, 1.54) is 12.1 Å². The second kappa shape index (κ2) is 7.88. The van der Waals surface area contributed by atoms with E-state index in [4.69, 9.17) is 15.2 Å². The standard InChI is InChI=1S/C19H23FN2O3/c1-19(2,3)25-18(23)22-10-11-24-17-9-8-15(21)12-16(17)13-4-6-14(20)7-5-13/h4-9,12H,10-11,21H2,1-3H3,(H,22,23). The molecule has 0 aliphatic heterocycles. The molecule has 0 unspecified atom stereocenters. The zero-order valence-corrected chi connectivity index (χ0v) is 14.6. The Labute approximate surface area is 146 Å². The molecule has 6 heteroatoms. The summed E-state index contributed by atoms with van der Waals surface area (Å²) in [5.41, 5.74) is 7.44. The summed E-state index contributed by atoms with van der Waals surface area (Å²) in [6, 6.07) is 11.3. The zero-order chi connectivity index (χ0) is 18.4. The van der Waals surface area contributed by atoms with Crippen molar-refractivity contribution in [1.29, 1.82) is 0 Å². The van der Waals surface area contributed by atoms with Gasteiger partial charge in [0.1, 0.15) is 23.8 Å². The Hall–Kier alpha value is -2.76. The predicted molar refractivity (Wildman–Crippen MR) is 96.0 cm³/mol. The number of carbonyl (C=O) groups is 1. The molecule has 25 heavy (non-hydrogen) atoms. The number of amides is 1. The van der Waals surface area contributed by atoms with Gasteiger partial charge >= 0.3 is 6.09 Å². The number of nitrogens with one attached hydrogen (secondary N) is 1. The van der Waals surface area contributed by atoms with E-state index in [2.05, 4.69) is 5.32 Å². The van der Waals surface area contributed by atoms with Crippen LogP contribution in [-0.2, 0) is 4.74 Å². The quantitative estimate of drug-likeness (QED) is 0.634. The van der Waals surface area contributed by atoms with Gasteiger partial charge in [-0.1, -0.05) is 12.1 Å². The van der Waals surface area contributed by atoms with Crippen molar-refractivity contribution in [3.63, 3.8) is 0 Å². The fourth-order valence-electron chi connectivity index (χ4n) is 2.16. The monoisotopic (exact) mass is 346 g/mol. The van der Waals surface area contributed by atoms with E-state index in [-0.39, 0.29) is 12.4 Å². The SMILES string of the molecule is CC(C)(C)OC(=O)NCCOc1ccc(N)cc1-c1ccc(F)cc1. The van der Waals surface area contributed by atoms with Gasteiger partial charge in [-0.05, 0) is 56.7 Å². The molecule has 5 nitrogen and oxygen atoms in total. The average Bonchev–Trinajstić information content (AvgIpc) is 2.52. The summed E-state index contributed by atoms with van der Waals surface area (Å²) >= 11 is 0. The van der Waals surface area contributed by atoms with E-state index in [0.717, 1.165) is 11.1 Å². The summed E-state index contributed by atoms with van der Waals surface area (Å²) in [7, 11) is 0. The van der Waals surface area contributed by atoms with Gasteiger partial charge in [0.2, 0.25) is 0 Å². The van der Waals surface area contributed by atoms with Crippen molar-refractivity contribution in [3.8, 4) is 16.9 Å². The maximum Gasteiger partial charge on any atom is 0.407 e. The second-order valence-corrected chi connectivity index (χ2v) is 6.54. The van der Waals surface area contributed by atoms with Gasteiger partial charge in [-0.25, -0.2) is 9.18 Å². The molecule has 2 aromatic rings. The molecule has 0 heterocycles. The normalized spacial score (nSPS) is 11.0. The van der Waals surface area contributed by atoms with Gasteiger partial charge in [0.25, 0.3) is 0 Å². The lowest BCUT2D eigenvalue weighted by molar-refractivity contribution is 0.0520. The number of benzene rings is 2. The van der Waals surface area contributed by atoms with Crippen molar-refractivity contribution in [2.24, 2.45) is 0 Å². The first kappa shape index (κ1) is 18.6. The first-order valence-corrected chi connectivity index (χ1v) is 8.00. The molecule has 0 radical (unpaired) electrons. The first-order chi connectivity index (χ1) is 11.7. The van der Waals surface area contributed by atoms with Crippen LogP contribution < -0.4 is 15.8 Å². The molecular weight excluding hydrogens is 323 g/mol. The van der Waals surface area contributed by atoms with Gasteiger partial charge in [-0.3, -0.25) is 0 Å². The van der Waals surface area contributed by atoms with Gasteiger partial charge < -0.3 is 20.5 Å². The minimum absolute atomic E-state index is 0.261. The molecule has 0 fully saturated rings. The number of carbonyl (C=O) groups excluding carboxylic acids is 1. The Balaban J connectivity index is 1.98. The largest absolute Gasteiger partial charge is 0.491 e. The number of rotatable bonds is 5. The number of halogens is 1. The Morgan fingerprint density at radius 3 is 2.48 bits per heavy atom. The molecule has 134 valence electrons. The molecule has 1 amide bonds. The third-order valence-corrected chi connectivity index (χ3v) is 3.19. The summed E-state index contributed by atoms with van der Waals surface area (Å²) in [5.74, 6) is 0.295. The molecule has 0 saturated carbocycles. The minimum atomic E-state index is -0.544. The molecule has 3 N–H and O–H groups in total. The average molecular weight is 346 g/mol. The number of anilines is 1. The molecule has 0 bridgehead atoms. The molecule has 2 aromatic carbocycles. The highest BCUT2D eigenvalue weighted by Gasteiger charge is 2.15. The molecule has 0 aliphatic carbocycles. The van der Waals surface area contributed by atoms with Crippen molar-refractivity contribution < 1.29 is 18.7 Å². The molecule has 0 saturated heterocycles. The van der Waals surface area contributed by atoms with Crippen molar-refractivity contribution in [2.75, 3.05) is 18.9 Å². The Morgan fingerprint density at radius 1 is 1.16 bits per heavy atom. The molecule has 0 spiro atoms. The lowest BCUT2D eigenvalue weighted by Crippen LogP contribution is -2.34. The van der Waals surface area contributed by atoms with Gasteiger partial charge in [-0.15, -0.1) is 0 Å². The lowest BCUT2D eigenvalue weighted by Gasteiger charge is -2.19. The van der Waals surface area contributed by atoms with Crippen LogP contribution in [0.5, 0.6) is 5.75 Å². The summed E-state index contributed by atoms with van der Waals surface area (Å²) in [5, 5.41) is 2.63. The summed E-state index contributed by atoms with van der Waals surface area (Å²) < 4.78 is 24.0. The Kier molecular flexibility index (Phi) is 5.85. The van der Waals surface area contributed by atoms with Crippen molar-refractivity contribution in [3.05, 3.63) is 48.3 Å². The van der Waals surface area contributed by atoms with E-state index in [1.807, 2.05) is 0 Å². The zero-order valence-electron chi connectivity index (χ0n) is 14.6. The summed E-state index contributed by atoms with van der Waals surface area (Å²) in [6.07, 6.45) is -0.493. The number of nitrogen functional groups attached to an aromatic ring is 1. The summed E-state index contributed by atoms with van der Waals surface area (Å²) in [4.78, 5) is 11.6. The van der Waals surface area contributed by atoms with Crippen LogP contribution in [0.2, 0.25) is 0 Å². The van der Waals surface area contributed by atoms with Crippen LogP contribution in [0.1, 0.15) is 20.8 Å². The van der Waals surface area contributed by atoms with Crippen LogP contribution in [0.4, 0.5) is 14.9 Å². The third-order valence-electron chi connectivity index (χ3n) is 3.19. The lowest BCUT2D eigenvalue weighted by atomic mass is 10.0. The van der Waals surface area contributed by atoms with Crippen LogP contribution >= 0.6 is 0 Å². The molecule has 0 aromatic heterocycles. The van der Waals surface area contributed by atoms with E-state index in [1.54, 1.807) is 51.1 Å². The third kappa shape index (κ3) is 5.99. The number of hydrogen-bond acceptors (Lipinski definition) is 4. The van der Waals surface area contributed by atoms with Crippen molar-refractivity contribution in [2.45, 2.75) is 26.4 Å². The maximum atomic E-state index is 13.1. The van der Waals surface area contributed by atoms with Crippen molar-refractivity contribution in [1.82, 2.24) is 5.32 Å². The van der Waals surface area contributed by atoms with Gasteiger partial charge in [0.05, 0.1) is 6.54 Å². The number of hydrogen-bond donors (Lipinski definition) is 2. The van der Waals surface area contributed by atoms with E-state index in [9.17, 15) is 9.18 Å². The molecule has 2 rings (SSSR count). The highest BCUT2D eigenvalue weighted by Crippen LogP contribution is 2.32. The van der Waals surface area contributed by atoms with Crippen LogP contribution in [0.3, 0.4) is 0 Å². The number of nitrogens with two attached hydrogens (primary N) is 1. The topological polar surface area (TPSA) is 73.6 Å². The van der Waals surface area contributed by atoms with E-state index in [0.29, 0.717) is 18.0 Å². The molecular formula is C19H23FN2O3. The van der Waals surface area contributed by atoms with Gasteiger partial charge in [0.15, 0.2) is 0 Å². The second-order valence-electron chi connectivity index (χ2n) is 6.54. The van der Waals surface area contributed by atoms with E-state index >= 15 is 0 Å². The highest BCUT2D eigenvalue weighted by atomic mass is 19.1. The van der Waals surface area contributed by atoms with Gasteiger partial charge in [0, 0.05) is 11.3 Å². The smallest absolute Gasteiger partial charge is 0.407 e. The fraction of sp³-hybridized carbons (Fsp3) is 0.316. The highest BCUT2D eigenvalue weighted by molar-refractivity contribution is 5.74. The Bertz CT molecular complexity index is 724. The van der Waals surface area contributed by atoms with Gasteiger partial charge in [-0.2, -0.15) is 0 Å². The predicted octanol–water partition coefficient (Wildman–Crippen LogP) is 3.98.